The zero-order valence-corrected chi connectivity index (χ0v) is 9.99. The molecule has 0 spiro atoms. The summed E-state index contributed by atoms with van der Waals surface area (Å²) in [6.07, 6.45) is 1.03. The molecule has 0 heterocycles. The standard InChI is InChI=1S/C12H19NO3/c1-4-5-10(14)8-6-11(15-2)12(16-3)7-9(8)13/h6-7,10,14H,4-5,13H2,1-3H3. The fraction of sp³-hybridized carbons (Fsp3) is 0.500. The molecule has 0 aliphatic carbocycles. The molecule has 16 heavy (non-hydrogen) atoms. The van der Waals surface area contributed by atoms with Crippen molar-refractivity contribution in [3.8, 4) is 11.5 Å². The van der Waals surface area contributed by atoms with Gasteiger partial charge in [-0.2, -0.15) is 0 Å². The largest absolute Gasteiger partial charge is 0.493 e. The molecule has 0 radical (unpaired) electrons. The third kappa shape index (κ3) is 2.58. The van der Waals surface area contributed by atoms with E-state index < -0.39 is 6.10 Å². The second-order valence-corrected chi connectivity index (χ2v) is 3.64. The maximum Gasteiger partial charge on any atom is 0.162 e. The molecule has 1 atom stereocenters. The van der Waals surface area contributed by atoms with Crippen LogP contribution in [0.4, 0.5) is 5.69 Å². The molecule has 90 valence electrons. The summed E-state index contributed by atoms with van der Waals surface area (Å²) >= 11 is 0. The number of rotatable bonds is 5. The minimum absolute atomic E-state index is 0.526. The van der Waals surface area contributed by atoms with Crippen LogP contribution >= 0.6 is 0 Å². The first-order chi connectivity index (χ1) is 7.63. The molecule has 0 fully saturated rings. The molecule has 0 saturated carbocycles. The van der Waals surface area contributed by atoms with Crippen LogP contribution in [0, 0.1) is 0 Å². The number of benzene rings is 1. The minimum atomic E-state index is -0.551. The van der Waals surface area contributed by atoms with Crippen LogP contribution in [0.1, 0.15) is 31.4 Å². The second-order valence-electron chi connectivity index (χ2n) is 3.64. The fourth-order valence-electron chi connectivity index (χ4n) is 1.63. The number of aliphatic hydroxyl groups is 1. The molecule has 0 bridgehead atoms. The topological polar surface area (TPSA) is 64.7 Å². The first-order valence-electron chi connectivity index (χ1n) is 5.33. The molecule has 1 unspecified atom stereocenters. The number of methoxy groups -OCH3 is 2. The van der Waals surface area contributed by atoms with E-state index in [9.17, 15) is 5.11 Å². The van der Waals surface area contributed by atoms with E-state index in [2.05, 4.69) is 0 Å². The molecule has 0 aliphatic rings. The normalized spacial score (nSPS) is 12.2. The van der Waals surface area contributed by atoms with Crippen molar-refractivity contribution in [2.75, 3.05) is 20.0 Å². The van der Waals surface area contributed by atoms with E-state index in [4.69, 9.17) is 15.2 Å². The van der Waals surface area contributed by atoms with Gasteiger partial charge in [-0.15, -0.1) is 0 Å². The zero-order chi connectivity index (χ0) is 12.1. The van der Waals surface area contributed by atoms with E-state index >= 15 is 0 Å². The van der Waals surface area contributed by atoms with Crippen LogP contribution in [-0.2, 0) is 0 Å². The number of nitrogen functional groups attached to an aromatic ring is 1. The summed E-state index contributed by atoms with van der Waals surface area (Å²) in [4.78, 5) is 0. The van der Waals surface area contributed by atoms with Crippen LogP contribution < -0.4 is 15.2 Å². The van der Waals surface area contributed by atoms with Gasteiger partial charge in [-0.25, -0.2) is 0 Å². The molecule has 0 aliphatic heterocycles. The summed E-state index contributed by atoms with van der Waals surface area (Å²) in [7, 11) is 3.11. The van der Waals surface area contributed by atoms with Crippen molar-refractivity contribution in [2.45, 2.75) is 25.9 Å². The van der Waals surface area contributed by atoms with Crippen molar-refractivity contribution < 1.29 is 14.6 Å². The zero-order valence-electron chi connectivity index (χ0n) is 9.99. The average Bonchev–Trinajstić information content (AvgIpc) is 2.28. The molecule has 1 aromatic carbocycles. The number of anilines is 1. The first-order valence-corrected chi connectivity index (χ1v) is 5.33. The van der Waals surface area contributed by atoms with E-state index in [1.54, 1.807) is 26.4 Å². The summed E-state index contributed by atoms with van der Waals surface area (Å²) in [5.74, 6) is 1.16. The highest BCUT2D eigenvalue weighted by atomic mass is 16.5. The van der Waals surface area contributed by atoms with Crippen molar-refractivity contribution in [2.24, 2.45) is 0 Å². The first kappa shape index (κ1) is 12.6. The third-order valence-corrected chi connectivity index (χ3v) is 2.51. The van der Waals surface area contributed by atoms with Crippen LogP contribution in [0.25, 0.3) is 0 Å². The van der Waals surface area contributed by atoms with E-state index in [1.807, 2.05) is 6.92 Å². The van der Waals surface area contributed by atoms with E-state index in [1.165, 1.54) is 0 Å². The maximum absolute atomic E-state index is 9.91. The molecule has 4 nitrogen and oxygen atoms in total. The van der Waals surface area contributed by atoms with Gasteiger partial charge >= 0.3 is 0 Å². The summed E-state index contributed by atoms with van der Waals surface area (Å²) in [6, 6.07) is 3.40. The van der Waals surface area contributed by atoms with Gasteiger partial charge in [0.25, 0.3) is 0 Å². The smallest absolute Gasteiger partial charge is 0.162 e. The Morgan fingerprint density at radius 1 is 1.25 bits per heavy atom. The van der Waals surface area contributed by atoms with Crippen LogP contribution in [0.2, 0.25) is 0 Å². The molecule has 0 saturated heterocycles. The van der Waals surface area contributed by atoms with Gasteiger partial charge in [0.15, 0.2) is 11.5 Å². The predicted octanol–water partition coefficient (Wildman–Crippen LogP) is 2.12. The van der Waals surface area contributed by atoms with Gasteiger partial charge in [-0.05, 0) is 12.5 Å². The van der Waals surface area contributed by atoms with E-state index in [0.717, 1.165) is 6.42 Å². The van der Waals surface area contributed by atoms with Crippen molar-refractivity contribution in [3.05, 3.63) is 17.7 Å². The highest BCUT2D eigenvalue weighted by molar-refractivity contribution is 5.58. The highest BCUT2D eigenvalue weighted by Crippen LogP contribution is 2.35. The van der Waals surface area contributed by atoms with Gasteiger partial charge < -0.3 is 20.3 Å². The second kappa shape index (κ2) is 5.61. The maximum atomic E-state index is 9.91. The molecular formula is C12H19NO3. The van der Waals surface area contributed by atoms with Crippen molar-refractivity contribution in [1.82, 2.24) is 0 Å². The molecule has 4 heteroatoms. The summed E-state index contributed by atoms with van der Waals surface area (Å²) in [5, 5.41) is 9.91. The quantitative estimate of drug-likeness (QED) is 0.753. The van der Waals surface area contributed by atoms with Gasteiger partial charge in [0.1, 0.15) is 0 Å². The molecule has 3 N–H and O–H groups in total. The Balaban J connectivity index is 3.10. The SMILES string of the molecule is CCCC(O)c1cc(OC)c(OC)cc1N. The Kier molecular flexibility index (Phi) is 4.43. The van der Waals surface area contributed by atoms with Gasteiger partial charge in [-0.1, -0.05) is 13.3 Å². The Bertz CT molecular complexity index is 352. The van der Waals surface area contributed by atoms with Crippen molar-refractivity contribution >= 4 is 5.69 Å². The predicted molar refractivity (Wildman–Crippen MR) is 63.8 cm³/mol. The van der Waals surface area contributed by atoms with Crippen LogP contribution in [0.3, 0.4) is 0 Å². The summed E-state index contributed by atoms with van der Waals surface area (Å²) < 4.78 is 10.3. The number of nitrogens with two attached hydrogens (primary N) is 1. The van der Waals surface area contributed by atoms with Gasteiger partial charge in [0.2, 0.25) is 0 Å². The van der Waals surface area contributed by atoms with E-state index in [0.29, 0.717) is 29.2 Å². The highest BCUT2D eigenvalue weighted by Gasteiger charge is 2.14. The molecule has 1 aromatic rings. The fourth-order valence-corrected chi connectivity index (χ4v) is 1.63. The molecule has 1 rings (SSSR count). The number of hydrogen-bond acceptors (Lipinski definition) is 4. The Labute approximate surface area is 96.0 Å². The number of hydrogen-bond donors (Lipinski definition) is 2. The Morgan fingerprint density at radius 2 is 1.81 bits per heavy atom. The van der Waals surface area contributed by atoms with Crippen LogP contribution in [0.15, 0.2) is 12.1 Å². The van der Waals surface area contributed by atoms with E-state index in [-0.39, 0.29) is 0 Å². The number of aliphatic hydroxyl groups excluding tert-OH is 1. The minimum Gasteiger partial charge on any atom is -0.493 e. The van der Waals surface area contributed by atoms with Crippen LogP contribution in [0.5, 0.6) is 11.5 Å². The molecule has 0 amide bonds. The van der Waals surface area contributed by atoms with Crippen molar-refractivity contribution in [1.29, 1.82) is 0 Å². The third-order valence-electron chi connectivity index (χ3n) is 2.51. The summed E-state index contributed by atoms with van der Waals surface area (Å²) in [5.41, 5.74) is 7.08. The van der Waals surface area contributed by atoms with Gasteiger partial charge in [0.05, 0.1) is 20.3 Å². The van der Waals surface area contributed by atoms with Gasteiger partial charge in [0, 0.05) is 17.3 Å². The molecule has 0 aromatic heterocycles. The number of ether oxygens (including phenoxy) is 2. The lowest BCUT2D eigenvalue weighted by molar-refractivity contribution is 0.166. The van der Waals surface area contributed by atoms with Crippen LogP contribution in [-0.4, -0.2) is 19.3 Å². The lowest BCUT2D eigenvalue weighted by Crippen LogP contribution is -2.03. The van der Waals surface area contributed by atoms with Gasteiger partial charge in [-0.3, -0.25) is 0 Å². The van der Waals surface area contributed by atoms with Crippen molar-refractivity contribution in [3.63, 3.8) is 0 Å². The summed E-state index contributed by atoms with van der Waals surface area (Å²) in [6.45, 7) is 2.01. The monoisotopic (exact) mass is 225 g/mol. The molecular weight excluding hydrogens is 206 g/mol. The lowest BCUT2D eigenvalue weighted by atomic mass is 10.0. The Hall–Kier alpha value is -1.42. The lowest BCUT2D eigenvalue weighted by Gasteiger charge is -2.16. The Morgan fingerprint density at radius 3 is 2.31 bits per heavy atom. The average molecular weight is 225 g/mol.